The number of aromatic hydroxyl groups is 1. The van der Waals surface area contributed by atoms with E-state index in [0.29, 0.717) is 40.7 Å². The van der Waals surface area contributed by atoms with Crippen molar-refractivity contribution in [3.05, 3.63) is 52.1 Å². The molecule has 5 heteroatoms. The number of carboxylic acids is 1. The summed E-state index contributed by atoms with van der Waals surface area (Å²) in [5, 5.41) is 21.1. The topological polar surface area (TPSA) is 66.8 Å². The number of phenolic OH excluding ortho intramolecular Hbond substituents is 1. The summed E-state index contributed by atoms with van der Waals surface area (Å²) in [5.74, 6) is 2.39. The first kappa shape index (κ1) is 23.3. The van der Waals surface area contributed by atoms with Crippen molar-refractivity contribution in [2.45, 2.75) is 64.2 Å². The maximum atomic E-state index is 11.7. The van der Waals surface area contributed by atoms with Gasteiger partial charge in [0.05, 0.1) is 6.61 Å². The molecule has 4 fully saturated rings. The average molecular weight is 481 g/mol. The van der Waals surface area contributed by atoms with Crippen LogP contribution in [0.25, 0.3) is 17.2 Å². The predicted octanol–water partition coefficient (Wildman–Crippen LogP) is 7.46. The Morgan fingerprint density at radius 1 is 1.09 bits per heavy atom. The molecule has 0 unspecified atom stereocenters. The Morgan fingerprint density at radius 3 is 2.29 bits per heavy atom. The van der Waals surface area contributed by atoms with Crippen molar-refractivity contribution in [3.8, 4) is 22.6 Å². The fourth-order valence-electron chi connectivity index (χ4n) is 7.31. The number of rotatable bonds is 7. The molecule has 0 heterocycles. The van der Waals surface area contributed by atoms with Gasteiger partial charge in [-0.05, 0) is 111 Å². The lowest BCUT2D eigenvalue weighted by Gasteiger charge is -2.57. The van der Waals surface area contributed by atoms with Crippen LogP contribution in [-0.4, -0.2) is 22.8 Å². The third-order valence-electron chi connectivity index (χ3n) is 8.27. The van der Waals surface area contributed by atoms with E-state index in [0.717, 1.165) is 53.7 Å². The van der Waals surface area contributed by atoms with Crippen LogP contribution in [-0.2, 0) is 10.2 Å². The van der Waals surface area contributed by atoms with Gasteiger partial charge in [-0.3, -0.25) is 0 Å². The van der Waals surface area contributed by atoms with Crippen molar-refractivity contribution < 1.29 is 19.7 Å². The summed E-state index contributed by atoms with van der Waals surface area (Å²) >= 11 is 6.52. The van der Waals surface area contributed by atoms with Crippen LogP contribution in [0.1, 0.15) is 69.9 Å². The number of carbonyl (C=O) groups is 1. The van der Waals surface area contributed by atoms with E-state index in [9.17, 15) is 15.0 Å². The van der Waals surface area contributed by atoms with Gasteiger partial charge >= 0.3 is 5.97 Å². The molecule has 0 amide bonds. The van der Waals surface area contributed by atoms with Gasteiger partial charge in [0.1, 0.15) is 11.5 Å². The molecule has 0 aliphatic heterocycles. The predicted molar refractivity (Wildman–Crippen MR) is 135 cm³/mol. The molecule has 0 aromatic heterocycles. The molecular formula is C29H33ClO4. The highest BCUT2D eigenvalue weighted by Gasteiger charge is 2.52. The Labute approximate surface area is 206 Å². The Bertz CT molecular complexity index is 1110. The quantitative estimate of drug-likeness (QED) is 0.403. The third kappa shape index (κ3) is 4.11. The van der Waals surface area contributed by atoms with Gasteiger partial charge in [-0.25, -0.2) is 4.79 Å². The molecule has 34 heavy (non-hydrogen) atoms. The van der Waals surface area contributed by atoms with Crippen LogP contribution < -0.4 is 4.74 Å². The standard InChI is InChI=1S/C29H33ClO4/c1-3-20(28(32)33)10-22-11-23(30)13-24(27(22)34-4-2)21-5-6-26(31)25(12-21)29-14-17-7-18(15-29)9-19(8-17)16-29/h5-6,10-13,17-19,31H,3-4,7-9,14-16H2,1-2H3,(H,32,33). The largest absolute Gasteiger partial charge is 0.508 e. The number of hydrogen-bond donors (Lipinski definition) is 2. The summed E-state index contributed by atoms with van der Waals surface area (Å²) in [6, 6.07) is 9.51. The lowest BCUT2D eigenvalue weighted by molar-refractivity contribution is -0.132. The van der Waals surface area contributed by atoms with Gasteiger partial charge in [-0.15, -0.1) is 0 Å². The van der Waals surface area contributed by atoms with Crippen molar-refractivity contribution in [1.82, 2.24) is 0 Å². The zero-order valence-corrected chi connectivity index (χ0v) is 20.7. The van der Waals surface area contributed by atoms with Crippen LogP contribution in [0.2, 0.25) is 5.02 Å². The maximum absolute atomic E-state index is 11.7. The van der Waals surface area contributed by atoms with Crippen LogP contribution in [0, 0.1) is 17.8 Å². The van der Waals surface area contributed by atoms with Gasteiger partial charge in [0, 0.05) is 27.3 Å². The summed E-state index contributed by atoms with van der Waals surface area (Å²) in [7, 11) is 0. The molecule has 2 N–H and O–H groups in total. The van der Waals surface area contributed by atoms with Gasteiger partial charge < -0.3 is 14.9 Å². The molecule has 4 bridgehead atoms. The number of ether oxygens (including phenoxy) is 1. The van der Waals surface area contributed by atoms with E-state index >= 15 is 0 Å². The zero-order valence-electron chi connectivity index (χ0n) is 19.9. The Balaban J connectivity index is 1.63. The SMILES string of the molecule is CCOc1c(C=C(CC)C(=O)O)cc(Cl)cc1-c1ccc(O)c(C23CC4CC(CC(C4)C2)C3)c1. The number of carboxylic acid groups (broad SMARTS) is 1. The first-order valence-electron chi connectivity index (χ1n) is 12.6. The lowest BCUT2D eigenvalue weighted by atomic mass is 9.48. The van der Waals surface area contributed by atoms with E-state index in [1.54, 1.807) is 12.1 Å². The molecule has 2 aromatic carbocycles. The highest BCUT2D eigenvalue weighted by atomic mass is 35.5. The highest BCUT2D eigenvalue weighted by Crippen LogP contribution is 2.62. The number of halogens is 1. The summed E-state index contributed by atoms with van der Waals surface area (Å²) in [6.45, 7) is 4.19. The normalized spacial score (nSPS) is 27.7. The van der Waals surface area contributed by atoms with Crippen molar-refractivity contribution >= 4 is 23.6 Å². The summed E-state index contributed by atoms with van der Waals surface area (Å²) in [6.07, 6.45) is 9.59. The van der Waals surface area contributed by atoms with Gasteiger partial charge in [-0.2, -0.15) is 0 Å². The van der Waals surface area contributed by atoms with E-state index in [1.807, 2.05) is 32.0 Å². The van der Waals surface area contributed by atoms with Crippen LogP contribution in [0.15, 0.2) is 35.9 Å². The minimum absolute atomic E-state index is 0.0562. The fourth-order valence-corrected chi connectivity index (χ4v) is 7.54. The van der Waals surface area contributed by atoms with E-state index in [4.69, 9.17) is 16.3 Å². The Hall–Kier alpha value is -2.46. The molecule has 2 aromatic rings. The smallest absolute Gasteiger partial charge is 0.331 e. The van der Waals surface area contributed by atoms with Crippen LogP contribution >= 0.6 is 11.6 Å². The van der Waals surface area contributed by atoms with E-state index in [2.05, 4.69) is 6.07 Å². The second kappa shape index (κ2) is 8.96. The molecule has 4 saturated carbocycles. The van der Waals surface area contributed by atoms with E-state index < -0.39 is 5.97 Å². The average Bonchev–Trinajstić information content (AvgIpc) is 2.78. The van der Waals surface area contributed by atoms with Gasteiger partial charge in [0.25, 0.3) is 0 Å². The second-order valence-corrected chi connectivity index (χ2v) is 11.0. The Kier molecular flexibility index (Phi) is 6.14. The number of phenols is 1. The number of benzene rings is 2. The van der Waals surface area contributed by atoms with Crippen LogP contribution in [0.5, 0.6) is 11.5 Å². The minimum atomic E-state index is -0.944. The van der Waals surface area contributed by atoms with E-state index in [-0.39, 0.29) is 5.41 Å². The molecule has 0 spiro atoms. The second-order valence-electron chi connectivity index (χ2n) is 10.6. The number of aliphatic carboxylic acids is 1. The molecule has 0 atom stereocenters. The molecule has 4 aliphatic carbocycles. The van der Waals surface area contributed by atoms with Crippen molar-refractivity contribution in [3.63, 3.8) is 0 Å². The Morgan fingerprint density at radius 2 is 1.74 bits per heavy atom. The molecule has 0 saturated heterocycles. The summed E-state index contributed by atoms with van der Waals surface area (Å²) in [5.41, 5.74) is 3.84. The summed E-state index contributed by atoms with van der Waals surface area (Å²) < 4.78 is 6.06. The molecule has 180 valence electrons. The molecule has 6 rings (SSSR count). The van der Waals surface area contributed by atoms with Crippen LogP contribution in [0.3, 0.4) is 0 Å². The van der Waals surface area contributed by atoms with E-state index in [1.165, 1.54) is 19.3 Å². The lowest BCUT2D eigenvalue weighted by Crippen LogP contribution is -2.48. The van der Waals surface area contributed by atoms with Crippen molar-refractivity contribution in [2.24, 2.45) is 17.8 Å². The van der Waals surface area contributed by atoms with Gasteiger partial charge in [0.2, 0.25) is 0 Å². The third-order valence-corrected chi connectivity index (χ3v) is 8.49. The summed E-state index contributed by atoms with van der Waals surface area (Å²) in [4.78, 5) is 11.7. The zero-order chi connectivity index (χ0) is 24.0. The van der Waals surface area contributed by atoms with Gasteiger partial charge in [0.15, 0.2) is 0 Å². The minimum Gasteiger partial charge on any atom is -0.508 e. The highest BCUT2D eigenvalue weighted by molar-refractivity contribution is 6.31. The first-order valence-corrected chi connectivity index (χ1v) is 12.9. The molecule has 0 radical (unpaired) electrons. The monoisotopic (exact) mass is 480 g/mol. The molecule has 4 aliphatic rings. The first-order chi connectivity index (χ1) is 16.3. The van der Waals surface area contributed by atoms with Crippen molar-refractivity contribution in [1.29, 1.82) is 0 Å². The van der Waals surface area contributed by atoms with Gasteiger partial charge in [-0.1, -0.05) is 24.6 Å². The molecule has 4 nitrogen and oxygen atoms in total. The fraction of sp³-hybridized carbons (Fsp3) is 0.483. The molecular weight excluding hydrogens is 448 g/mol. The van der Waals surface area contributed by atoms with Crippen molar-refractivity contribution in [2.75, 3.05) is 6.61 Å². The van der Waals surface area contributed by atoms with Crippen LogP contribution in [0.4, 0.5) is 0 Å². The number of hydrogen-bond acceptors (Lipinski definition) is 3. The maximum Gasteiger partial charge on any atom is 0.331 e.